The second-order valence-electron chi connectivity index (χ2n) is 4.60. The summed E-state index contributed by atoms with van der Waals surface area (Å²) in [6.07, 6.45) is 3.87. The van der Waals surface area contributed by atoms with Gasteiger partial charge in [0.2, 0.25) is 0 Å². The highest BCUT2D eigenvalue weighted by molar-refractivity contribution is 5.69. The molecule has 1 rings (SSSR count). The summed E-state index contributed by atoms with van der Waals surface area (Å²) in [7, 11) is 0. The number of aliphatic hydroxyl groups is 1. The molecule has 0 aromatic carbocycles. The zero-order valence-electron chi connectivity index (χ0n) is 8.99. The van der Waals surface area contributed by atoms with Crippen molar-refractivity contribution in [3.8, 4) is 0 Å². The Kier molecular flexibility index (Phi) is 3.53. The zero-order valence-corrected chi connectivity index (χ0v) is 8.99. The Labute approximate surface area is 85.1 Å². The van der Waals surface area contributed by atoms with Crippen LogP contribution in [0.5, 0.6) is 0 Å². The molecule has 0 heterocycles. The van der Waals surface area contributed by atoms with Gasteiger partial charge in [0.25, 0.3) is 0 Å². The number of carboxylic acid groups (broad SMARTS) is 1. The van der Waals surface area contributed by atoms with Crippen LogP contribution in [0.1, 0.15) is 46.0 Å². The van der Waals surface area contributed by atoms with Gasteiger partial charge in [-0.25, -0.2) is 0 Å². The van der Waals surface area contributed by atoms with Crippen molar-refractivity contribution >= 4 is 5.97 Å². The van der Waals surface area contributed by atoms with Crippen LogP contribution in [0.15, 0.2) is 0 Å². The third-order valence-corrected chi connectivity index (χ3v) is 3.67. The van der Waals surface area contributed by atoms with Gasteiger partial charge in [0.1, 0.15) is 0 Å². The van der Waals surface area contributed by atoms with Crippen molar-refractivity contribution < 1.29 is 15.0 Å². The molecule has 0 radical (unpaired) electrons. The highest BCUT2D eigenvalue weighted by Gasteiger charge is 2.35. The Morgan fingerprint density at radius 1 is 1.36 bits per heavy atom. The fourth-order valence-electron chi connectivity index (χ4n) is 2.25. The summed E-state index contributed by atoms with van der Waals surface area (Å²) in [6, 6.07) is 0. The van der Waals surface area contributed by atoms with Crippen LogP contribution in [0.3, 0.4) is 0 Å². The lowest BCUT2D eigenvalue weighted by molar-refractivity contribution is -0.144. The highest BCUT2D eigenvalue weighted by Crippen LogP contribution is 2.36. The third kappa shape index (κ3) is 2.47. The molecule has 0 amide bonds. The number of carbonyl (C=O) groups is 1. The van der Waals surface area contributed by atoms with Crippen LogP contribution < -0.4 is 0 Å². The average Bonchev–Trinajstić information content (AvgIpc) is 2.18. The first-order chi connectivity index (χ1) is 6.47. The van der Waals surface area contributed by atoms with Crippen molar-refractivity contribution in [3.63, 3.8) is 0 Å². The van der Waals surface area contributed by atoms with E-state index in [1.54, 1.807) is 0 Å². The quantitative estimate of drug-likeness (QED) is 0.733. The fourth-order valence-corrected chi connectivity index (χ4v) is 2.25. The molecule has 3 heteroatoms. The lowest BCUT2D eigenvalue weighted by Gasteiger charge is -2.36. The first kappa shape index (κ1) is 11.5. The van der Waals surface area contributed by atoms with E-state index >= 15 is 0 Å². The average molecular weight is 200 g/mol. The Hall–Kier alpha value is -0.570. The van der Waals surface area contributed by atoms with Gasteiger partial charge < -0.3 is 10.2 Å². The van der Waals surface area contributed by atoms with E-state index in [-0.39, 0.29) is 11.8 Å². The van der Waals surface area contributed by atoms with Crippen molar-refractivity contribution in [1.82, 2.24) is 0 Å². The second-order valence-corrected chi connectivity index (χ2v) is 4.60. The van der Waals surface area contributed by atoms with E-state index in [1.807, 2.05) is 13.8 Å². The summed E-state index contributed by atoms with van der Waals surface area (Å²) in [5, 5.41) is 18.8. The molecule has 82 valence electrons. The molecule has 3 nitrogen and oxygen atoms in total. The molecule has 0 spiro atoms. The third-order valence-electron chi connectivity index (χ3n) is 3.67. The first-order valence-corrected chi connectivity index (χ1v) is 5.42. The standard InChI is InChI=1S/C11H20O3/c1-3-11(2,14)9-6-4-8(5-7-9)10(12)13/h8-9,14H,3-7H2,1-2H3,(H,12,13)/t8?,9?,11-/m1/s1. The molecule has 1 saturated carbocycles. The van der Waals surface area contributed by atoms with Gasteiger partial charge in [-0.15, -0.1) is 0 Å². The number of rotatable bonds is 3. The number of carboxylic acids is 1. The summed E-state index contributed by atoms with van der Waals surface area (Å²) in [5.41, 5.74) is -0.608. The van der Waals surface area contributed by atoms with E-state index in [0.29, 0.717) is 0 Å². The van der Waals surface area contributed by atoms with Crippen LogP contribution in [0, 0.1) is 11.8 Å². The Bertz CT molecular complexity index is 203. The summed E-state index contributed by atoms with van der Waals surface area (Å²) < 4.78 is 0. The minimum Gasteiger partial charge on any atom is -0.481 e. The van der Waals surface area contributed by atoms with Gasteiger partial charge in [-0.05, 0) is 44.9 Å². The van der Waals surface area contributed by atoms with Crippen LogP contribution >= 0.6 is 0 Å². The predicted molar refractivity (Wildman–Crippen MR) is 54.0 cm³/mol. The van der Waals surface area contributed by atoms with Crippen LogP contribution in [0.25, 0.3) is 0 Å². The van der Waals surface area contributed by atoms with Gasteiger partial charge in [-0.1, -0.05) is 6.92 Å². The van der Waals surface area contributed by atoms with E-state index in [1.165, 1.54) is 0 Å². The molecule has 0 saturated heterocycles. The molecule has 1 aliphatic rings. The van der Waals surface area contributed by atoms with Gasteiger partial charge >= 0.3 is 5.97 Å². The van der Waals surface area contributed by atoms with Gasteiger partial charge in [0, 0.05) is 0 Å². The molecule has 0 aromatic rings. The van der Waals surface area contributed by atoms with Crippen molar-refractivity contribution in [2.24, 2.45) is 11.8 Å². The predicted octanol–water partition coefficient (Wildman–Crippen LogP) is 2.04. The monoisotopic (exact) mass is 200 g/mol. The van der Waals surface area contributed by atoms with Gasteiger partial charge in [-0.3, -0.25) is 4.79 Å². The molecule has 2 N–H and O–H groups in total. The molecule has 1 aliphatic carbocycles. The summed E-state index contributed by atoms with van der Waals surface area (Å²) in [5.74, 6) is -0.582. The summed E-state index contributed by atoms with van der Waals surface area (Å²) in [6.45, 7) is 3.84. The normalized spacial score (nSPS) is 32.2. The molecule has 0 bridgehead atoms. The van der Waals surface area contributed by atoms with Gasteiger partial charge in [0.05, 0.1) is 11.5 Å². The molecular weight excluding hydrogens is 180 g/mol. The van der Waals surface area contributed by atoms with Crippen LogP contribution in [-0.4, -0.2) is 21.8 Å². The summed E-state index contributed by atoms with van der Waals surface area (Å²) >= 11 is 0. The Morgan fingerprint density at radius 2 is 1.86 bits per heavy atom. The maximum atomic E-state index is 10.7. The van der Waals surface area contributed by atoms with E-state index in [4.69, 9.17) is 5.11 Å². The Balaban J connectivity index is 2.47. The van der Waals surface area contributed by atoms with E-state index < -0.39 is 11.6 Å². The van der Waals surface area contributed by atoms with Crippen LogP contribution in [0.2, 0.25) is 0 Å². The van der Waals surface area contributed by atoms with E-state index in [9.17, 15) is 9.90 Å². The van der Waals surface area contributed by atoms with Crippen molar-refractivity contribution in [3.05, 3.63) is 0 Å². The molecule has 0 aromatic heterocycles. The first-order valence-electron chi connectivity index (χ1n) is 5.42. The molecular formula is C11H20O3. The number of aliphatic carboxylic acids is 1. The molecule has 0 unspecified atom stereocenters. The molecule has 1 fully saturated rings. The molecule has 14 heavy (non-hydrogen) atoms. The highest BCUT2D eigenvalue weighted by atomic mass is 16.4. The number of hydrogen-bond donors (Lipinski definition) is 2. The van der Waals surface area contributed by atoms with E-state index in [2.05, 4.69) is 0 Å². The second kappa shape index (κ2) is 4.30. The van der Waals surface area contributed by atoms with Crippen molar-refractivity contribution in [2.75, 3.05) is 0 Å². The SMILES string of the molecule is CC[C@@](C)(O)C1CCC(C(=O)O)CC1. The number of hydrogen-bond acceptors (Lipinski definition) is 2. The topological polar surface area (TPSA) is 57.5 Å². The van der Waals surface area contributed by atoms with Crippen molar-refractivity contribution in [1.29, 1.82) is 0 Å². The minimum atomic E-state index is -0.681. The lowest BCUT2D eigenvalue weighted by atomic mass is 9.73. The fraction of sp³-hybridized carbons (Fsp3) is 0.909. The minimum absolute atomic E-state index is 0.182. The molecule has 0 aliphatic heterocycles. The van der Waals surface area contributed by atoms with E-state index in [0.717, 1.165) is 32.1 Å². The Morgan fingerprint density at radius 3 is 2.21 bits per heavy atom. The lowest BCUT2D eigenvalue weighted by Crippen LogP contribution is -2.37. The van der Waals surface area contributed by atoms with Crippen LogP contribution in [-0.2, 0) is 4.79 Å². The smallest absolute Gasteiger partial charge is 0.306 e. The van der Waals surface area contributed by atoms with Crippen LogP contribution in [0.4, 0.5) is 0 Å². The maximum absolute atomic E-state index is 10.7. The van der Waals surface area contributed by atoms with Gasteiger partial charge in [-0.2, -0.15) is 0 Å². The largest absolute Gasteiger partial charge is 0.481 e. The van der Waals surface area contributed by atoms with Crippen molar-refractivity contribution in [2.45, 2.75) is 51.6 Å². The zero-order chi connectivity index (χ0) is 10.8. The summed E-state index contributed by atoms with van der Waals surface area (Å²) in [4.78, 5) is 10.7. The maximum Gasteiger partial charge on any atom is 0.306 e. The molecule has 1 atom stereocenters. The van der Waals surface area contributed by atoms with Gasteiger partial charge in [0.15, 0.2) is 0 Å².